The van der Waals surface area contributed by atoms with E-state index in [1.165, 1.54) is 24.2 Å². The molecule has 0 spiro atoms. The largest absolute Gasteiger partial charge is 0.496 e. The highest BCUT2D eigenvalue weighted by Crippen LogP contribution is 2.34. The maximum atomic E-state index is 5.62. The Morgan fingerprint density at radius 3 is 2.45 bits per heavy atom. The molecule has 112 valence electrons. The number of benzene rings is 1. The van der Waals surface area contributed by atoms with E-state index in [1.807, 2.05) is 0 Å². The normalized spacial score (nSPS) is 17.9. The highest BCUT2D eigenvalue weighted by molar-refractivity contribution is 5.55. The first-order valence-electron chi connectivity index (χ1n) is 7.54. The van der Waals surface area contributed by atoms with Crippen molar-refractivity contribution in [2.24, 2.45) is 0 Å². The lowest BCUT2D eigenvalue weighted by Crippen LogP contribution is -2.28. The van der Waals surface area contributed by atoms with E-state index in [0.29, 0.717) is 0 Å². The second kappa shape index (κ2) is 6.04. The number of hydrogen-bond donors (Lipinski definition) is 0. The van der Waals surface area contributed by atoms with Crippen molar-refractivity contribution in [1.82, 2.24) is 4.90 Å². The van der Waals surface area contributed by atoms with Crippen LogP contribution in [0.15, 0.2) is 18.2 Å². The van der Waals surface area contributed by atoms with E-state index in [2.05, 4.69) is 55.8 Å². The van der Waals surface area contributed by atoms with Crippen molar-refractivity contribution in [3.8, 4) is 5.75 Å². The maximum absolute atomic E-state index is 5.62. The Morgan fingerprint density at radius 1 is 1.05 bits per heavy atom. The van der Waals surface area contributed by atoms with E-state index in [-0.39, 0.29) is 5.41 Å². The molecule has 0 aliphatic carbocycles. The zero-order chi connectivity index (χ0) is 14.8. The Morgan fingerprint density at radius 2 is 1.80 bits per heavy atom. The van der Waals surface area contributed by atoms with Crippen LogP contribution in [0.2, 0.25) is 0 Å². The first-order valence-corrected chi connectivity index (χ1v) is 7.54. The molecule has 1 heterocycles. The lowest BCUT2D eigenvalue weighted by molar-refractivity contribution is 0.360. The molecule has 2 rings (SSSR count). The molecule has 1 aromatic carbocycles. The molecule has 0 atom stereocenters. The lowest BCUT2D eigenvalue weighted by atomic mass is 9.86. The molecule has 3 heteroatoms. The van der Waals surface area contributed by atoms with E-state index in [4.69, 9.17) is 4.74 Å². The Labute approximate surface area is 123 Å². The van der Waals surface area contributed by atoms with Crippen LogP contribution in [0.25, 0.3) is 0 Å². The Bertz CT molecular complexity index is 451. The minimum Gasteiger partial charge on any atom is -0.496 e. The molecular formula is C17H28N2O. The van der Waals surface area contributed by atoms with Gasteiger partial charge in [0.1, 0.15) is 5.75 Å². The minimum absolute atomic E-state index is 0.114. The first kappa shape index (κ1) is 15.2. The molecule has 20 heavy (non-hydrogen) atoms. The molecule has 0 radical (unpaired) electrons. The van der Waals surface area contributed by atoms with Crippen molar-refractivity contribution < 1.29 is 4.74 Å². The summed E-state index contributed by atoms with van der Waals surface area (Å²) >= 11 is 0. The Hall–Kier alpha value is -1.22. The zero-order valence-electron chi connectivity index (χ0n) is 13.6. The SMILES string of the molecule is COc1cc(N2CCCN(C)CC2)ccc1C(C)(C)C. The van der Waals surface area contributed by atoms with Crippen LogP contribution >= 0.6 is 0 Å². The molecule has 1 saturated heterocycles. The van der Waals surface area contributed by atoms with Crippen LogP contribution in [-0.2, 0) is 5.41 Å². The van der Waals surface area contributed by atoms with Crippen LogP contribution in [0.5, 0.6) is 5.75 Å². The Kier molecular flexibility index (Phi) is 4.59. The number of rotatable bonds is 2. The number of nitrogens with zero attached hydrogens (tertiary/aromatic N) is 2. The van der Waals surface area contributed by atoms with E-state index in [9.17, 15) is 0 Å². The van der Waals surface area contributed by atoms with Gasteiger partial charge in [-0.15, -0.1) is 0 Å². The molecule has 0 N–H and O–H groups in total. The van der Waals surface area contributed by atoms with Crippen LogP contribution in [-0.4, -0.2) is 45.2 Å². The van der Waals surface area contributed by atoms with Gasteiger partial charge in [0.05, 0.1) is 7.11 Å². The molecule has 1 fully saturated rings. The standard InChI is InChI=1S/C17H28N2O/c1-17(2,3)15-8-7-14(13-16(15)20-5)19-10-6-9-18(4)11-12-19/h7-8,13H,6,9-12H2,1-5H3. The number of methoxy groups -OCH3 is 1. The van der Waals surface area contributed by atoms with E-state index >= 15 is 0 Å². The molecule has 0 bridgehead atoms. The molecular weight excluding hydrogens is 248 g/mol. The van der Waals surface area contributed by atoms with Gasteiger partial charge >= 0.3 is 0 Å². The molecule has 1 aliphatic rings. The Balaban J connectivity index is 2.25. The maximum Gasteiger partial charge on any atom is 0.124 e. The summed E-state index contributed by atoms with van der Waals surface area (Å²) in [5.41, 5.74) is 2.67. The quantitative estimate of drug-likeness (QED) is 0.825. The smallest absolute Gasteiger partial charge is 0.124 e. The van der Waals surface area contributed by atoms with Crippen molar-refractivity contribution in [2.75, 3.05) is 45.2 Å². The van der Waals surface area contributed by atoms with Gasteiger partial charge in [-0.2, -0.15) is 0 Å². The summed E-state index contributed by atoms with van der Waals surface area (Å²) in [4.78, 5) is 4.87. The van der Waals surface area contributed by atoms with Gasteiger partial charge < -0.3 is 14.5 Å². The van der Waals surface area contributed by atoms with Gasteiger partial charge in [0.15, 0.2) is 0 Å². The van der Waals surface area contributed by atoms with Crippen LogP contribution in [0, 0.1) is 0 Å². The summed E-state index contributed by atoms with van der Waals surface area (Å²) in [5.74, 6) is 1.01. The zero-order valence-corrected chi connectivity index (χ0v) is 13.6. The highest BCUT2D eigenvalue weighted by Gasteiger charge is 2.20. The summed E-state index contributed by atoms with van der Waals surface area (Å²) in [5, 5.41) is 0. The topological polar surface area (TPSA) is 15.7 Å². The van der Waals surface area contributed by atoms with Crippen molar-refractivity contribution in [2.45, 2.75) is 32.6 Å². The molecule has 0 amide bonds. The van der Waals surface area contributed by atoms with E-state index < -0.39 is 0 Å². The molecule has 0 saturated carbocycles. The summed E-state index contributed by atoms with van der Waals surface area (Å²) in [7, 11) is 3.97. The predicted octanol–water partition coefficient (Wildman–Crippen LogP) is 3.13. The molecule has 0 aromatic heterocycles. The number of ether oxygens (including phenoxy) is 1. The van der Waals surface area contributed by atoms with Crippen LogP contribution in [0.3, 0.4) is 0 Å². The van der Waals surface area contributed by atoms with Gasteiger partial charge in [0.2, 0.25) is 0 Å². The third-order valence-electron chi connectivity index (χ3n) is 4.08. The number of anilines is 1. The van der Waals surface area contributed by atoms with Gasteiger partial charge in [-0.3, -0.25) is 0 Å². The third-order valence-corrected chi connectivity index (χ3v) is 4.08. The molecule has 1 aliphatic heterocycles. The second-order valence-electron chi connectivity index (χ2n) is 6.78. The van der Waals surface area contributed by atoms with Gasteiger partial charge in [0, 0.05) is 31.4 Å². The lowest BCUT2D eigenvalue weighted by Gasteiger charge is -2.27. The average Bonchev–Trinajstić information content (AvgIpc) is 2.62. The van der Waals surface area contributed by atoms with Crippen LogP contribution in [0.4, 0.5) is 5.69 Å². The fourth-order valence-corrected chi connectivity index (χ4v) is 2.80. The summed E-state index contributed by atoms with van der Waals surface area (Å²) in [6.07, 6.45) is 1.22. The van der Waals surface area contributed by atoms with Crippen molar-refractivity contribution in [3.05, 3.63) is 23.8 Å². The minimum atomic E-state index is 0.114. The second-order valence-corrected chi connectivity index (χ2v) is 6.78. The summed E-state index contributed by atoms with van der Waals surface area (Å²) in [6.45, 7) is 11.2. The predicted molar refractivity (Wildman–Crippen MR) is 86.0 cm³/mol. The molecule has 3 nitrogen and oxygen atoms in total. The fourth-order valence-electron chi connectivity index (χ4n) is 2.80. The van der Waals surface area contributed by atoms with Crippen molar-refractivity contribution in [3.63, 3.8) is 0 Å². The van der Waals surface area contributed by atoms with Crippen molar-refractivity contribution >= 4 is 5.69 Å². The number of hydrogen-bond acceptors (Lipinski definition) is 3. The first-order chi connectivity index (χ1) is 9.41. The van der Waals surface area contributed by atoms with Gasteiger partial charge in [-0.25, -0.2) is 0 Å². The monoisotopic (exact) mass is 276 g/mol. The summed E-state index contributed by atoms with van der Waals surface area (Å²) in [6, 6.07) is 6.67. The molecule has 0 unspecified atom stereocenters. The van der Waals surface area contributed by atoms with Crippen LogP contribution < -0.4 is 9.64 Å². The summed E-state index contributed by atoms with van der Waals surface area (Å²) < 4.78 is 5.62. The number of likely N-dealkylation sites (N-methyl/N-ethyl adjacent to an activating group) is 1. The van der Waals surface area contributed by atoms with Crippen LogP contribution in [0.1, 0.15) is 32.8 Å². The van der Waals surface area contributed by atoms with Gasteiger partial charge in [-0.05, 0) is 37.1 Å². The third kappa shape index (κ3) is 3.45. The van der Waals surface area contributed by atoms with E-state index in [1.54, 1.807) is 7.11 Å². The van der Waals surface area contributed by atoms with Crippen molar-refractivity contribution in [1.29, 1.82) is 0 Å². The fraction of sp³-hybridized carbons (Fsp3) is 0.647. The van der Waals surface area contributed by atoms with Gasteiger partial charge in [0.25, 0.3) is 0 Å². The highest BCUT2D eigenvalue weighted by atomic mass is 16.5. The van der Waals surface area contributed by atoms with Gasteiger partial charge in [-0.1, -0.05) is 26.8 Å². The average molecular weight is 276 g/mol. The van der Waals surface area contributed by atoms with E-state index in [0.717, 1.165) is 25.4 Å². The molecule has 1 aromatic rings.